The third-order valence-electron chi connectivity index (χ3n) is 1.43. The number of carbonyl (C=O) groups excluding carboxylic acids is 1. The molecule has 0 bridgehead atoms. The van der Waals surface area contributed by atoms with Gasteiger partial charge in [0.2, 0.25) is 0 Å². The third kappa shape index (κ3) is 1.94. The Morgan fingerprint density at radius 1 is 1.80 bits per heavy atom. The molecule has 0 aromatic rings. The van der Waals surface area contributed by atoms with E-state index in [1.54, 1.807) is 7.11 Å². The Morgan fingerprint density at radius 2 is 2.60 bits per heavy atom. The van der Waals surface area contributed by atoms with E-state index in [1.807, 2.05) is 11.1 Å². The minimum absolute atomic E-state index is 0.123. The summed E-state index contributed by atoms with van der Waals surface area (Å²) in [6, 6.07) is 0. The van der Waals surface area contributed by atoms with Gasteiger partial charge in [-0.3, -0.25) is 0 Å². The van der Waals surface area contributed by atoms with Crippen molar-refractivity contribution in [2.75, 3.05) is 13.7 Å². The second kappa shape index (κ2) is 3.91. The first-order chi connectivity index (χ1) is 4.84. The predicted octanol–water partition coefficient (Wildman–Crippen LogP) is 0.397. The van der Waals surface area contributed by atoms with Gasteiger partial charge in [-0.05, 0) is 0 Å². The van der Waals surface area contributed by atoms with Crippen LogP contribution in [0, 0.1) is 5.92 Å². The second-order valence-electron chi connectivity index (χ2n) is 2.15. The van der Waals surface area contributed by atoms with Crippen molar-refractivity contribution in [2.24, 2.45) is 5.92 Å². The zero-order chi connectivity index (χ0) is 7.40. The van der Waals surface area contributed by atoms with Gasteiger partial charge in [0, 0.05) is 0 Å². The van der Waals surface area contributed by atoms with Gasteiger partial charge < -0.3 is 0 Å². The summed E-state index contributed by atoms with van der Waals surface area (Å²) in [7, 11) is 1.66. The molecule has 1 aliphatic heterocycles. The zero-order valence-electron chi connectivity index (χ0n) is 5.87. The van der Waals surface area contributed by atoms with Crippen LogP contribution in [0.1, 0.15) is 6.42 Å². The van der Waals surface area contributed by atoms with Crippen LogP contribution in [0.2, 0.25) is 0 Å². The van der Waals surface area contributed by atoms with E-state index in [2.05, 4.69) is 0 Å². The fraction of sp³-hybridized carbons (Fsp3) is 0.571. The Labute approximate surface area is 66.8 Å². The van der Waals surface area contributed by atoms with Crippen molar-refractivity contribution in [2.45, 2.75) is 6.42 Å². The number of hydrogen-bond acceptors (Lipinski definition) is 2. The Balaban J connectivity index is 2.27. The maximum atomic E-state index is 11.0. The van der Waals surface area contributed by atoms with Crippen LogP contribution < -0.4 is 0 Å². The van der Waals surface area contributed by atoms with E-state index in [9.17, 15) is 4.79 Å². The molecule has 56 valence electrons. The molecule has 1 rings (SSSR count). The molecule has 0 radical (unpaired) electrons. The summed E-state index contributed by atoms with van der Waals surface area (Å²) in [5.74, 6) is 0.167. The molecule has 3 heteroatoms. The number of methoxy groups -OCH3 is 1. The third-order valence-corrected chi connectivity index (χ3v) is 3.17. The minimum atomic E-state index is 0.123. The summed E-state index contributed by atoms with van der Waals surface area (Å²) >= 11 is 0.123. The van der Waals surface area contributed by atoms with Crippen LogP contribution in [-0.2, 0) is 9.53 Å². The van der Waals surface area contributed by atoms with Gasteiger partial charge in [0.05, 0.1) is 0 Å². The molecule has 0 saturated heterocycles. The summed E-state index contributed by atoms with van der Waals surface area (Å²) in [5, 5.41) is 0. The molecule has 0 aliphatic carbocycles. The summed E-state index contributed by atoms with van der Waals surface area (Å²) in [6.07, 6.45) is 2.86. The van der Waals surface area contributed by atoms with Crippen molar-refractivity contribution in [3.8, 4) is 0 Å². The SMILES string of the molecule is COCCC1C=C[Se]C1=O. The molecule has 0 spiro atoms. The van der Waals surface area contributed by atoms with E-state index in [1.165, 1.54) is 0 Å². The van der Waals surface area contributed by atoms with Gasteiger partial charge in [0.15, 0.2) is 0 Å². The van der Waals surface area contributed by atoms with E-state index >= 15 is 0 Å². The Bertz CT molecular complexity index is 154. The molecule has 1 unspecified atom stereocenters. The fourth-order valence-corrected chi connectivity index (χ4v) is 2.45. The van der Waals surface area contributed by atoms with E-state index in [4.69, 9.17) is 4.74 Å². The summed E-state index contributed by atoms with van der Waals surface area (Å²) in [4.78, 5) is 13.0. The summed E-state index contributed by atoms with van der Waals surface area (Å²) in [6.45, 7) is 0.691. The number of allylic oxidation sites excluding steroid dienone is 1. The first kappa shape index (κ1) is 7.99. The van der Waals surface area contributed by atoms with Gasteiger partial charge in [0.1, 0.15) is 0 Å². The quantitative estimate of drug-likeness (QED) is 0.623. The molecule has 10 heavy (non-hydrogen) atoms. The Kier molecular flexibility index (Phi) is 3.13. The molecule has 0 aromatic heterocycles. The van der Waals surface area contributed by atoms with Crippen LogP contribution >= 0.6 is 0 Å². The number of ether oxygens (including phenoxy) is 1. The fourth-order valence-electron chi connectivity index (χ4n) is 0.826. The summed E-state index contributed by atoms with van der Waals surface area (Å²) in [5.41, 5.74) is 0. The topological polar surface area (TPSA) is 26.3 Å². The monoisotopic (exact) mass is 206 g/mol. The van der Waals surface area contributed by atoms with Gasteiger partial charge in [-0.2, -0.15) is 0 Å². The Morgan fingerprint density at radius 3 is 3.10 bits per heavy atom. The van der Waals surface area contributed by atoms with Crippen molar-refractivity contribution < 1.29 is 9.53 Å². The van der Waals surface area contributed by atoms with E-state index < -0.39 is 0 Å². The average molecular weight is 205 g/mol. The summed E-state index contributed by atoms with van der Waals surface area (Å²) < 4.78 is 5.27. The van der Waals surface area contributed by atoms with E-state index in [-0.39, 0.29) is 20.9 Å². The van der Waals surface area contributed by atoms with Crippen LogP contribution in [0.5, 0.6) is 0 Å². The zero-order valence-corrected chi connectivity index (χ0v) is 7.58. The first-order valence-corrected chi connectivity index (χ1v) is 5.05. The van der Waals surface area contributed by atoms with E-state index in [0.29, 0.717) is 11.3 Å². The van der Waals surface area contributed by atoms with Crippen LogP contribution in [0.15, 0.2) is 11.1 Å². The molecule has 1 atom stereocenters. The standard InChI is InChI=1S/C7H10O2Se/c1-9-4-2-6-3-5-10-7(6)8/h3,5-6H,2,4H2,1H3. The van der Waals surface area contributed by atoms with Crippen LogP contribution in [0.4, 0.5) is 0 Å². The van der Waals surface area contributed by atoms with Crippen LogP contribution in [0.25, 0.3) is 0 Å². The maximum absolute atomic E-state index is 11.0. The van der Waals surface area contributed by atoms with E-state index in [0.717, 1.165) is 6.42 Å². The first-order valence-electron chi connectivity index (χ1n) is 3.20. The molecule has 1 aliphatic rings. The van der Waals surface area contributed by atoms with Gasteiger partial charge in [-0.1, -0.05) is 0 Å². The number of hydrogen-bond donors (Lipinski definition) is 0. The van der Waals surface area contributed by atoms with Gasteiger partial charge in [-0.15, -0.1) is 0 Å². The van der Waals surface area contributed by atoms with Crippen LogP contribution in [-0.4, -0.2) is 33.4 Å². The van der Waals surface area contributed by atoms with Crippen molar-refractivity contribution in [3.63, 3.8) is 0 Å². The molecule has 0 fully saturated rings. The van der Waals surface area contributed by atoms with Crippen molar-refractivity contribution in [3.05, 3.63) is 11.1 Å². The predicted molar refractivity (Wildman–Crippen MR) is 39.9 cm³/mol. The second-order valence-corrected chi connectivity index (χ2v) is 4.06. The average Bonchev–Trinajstić information content (AvgIpc) is 2.31. The molecule has 0 aromatic carbocycles. The van der Waals surface area contributed by atoms with Crippen molar-refractivity contribution >= 4 is 19.6 Å². The molecular formula is C7H10O2Se. The molecule has 0 saturated carbocycles. The Hall–Kier alpha value is -0.111. The number of rotatable bonds is 3. The number of carbonyl (C=O) groups is 1. The van der Waals surface area contributed by atoms with Gasteiger partial charge >= 0.3 is 66.3 Å². The van der Waals surface area contributed by atoms with Gasteiger partial charge in [-0.25, -0.2) is 0 Å². The van der Waals surface area contributed by atoms with Gasteiger partial charge in [0.25, 0.3) is 0 Å². The molecule has 1 heterocycles. The molecular weight excluding hydrogens is 195 g/mol. The van der Waals surface area contributed by atoms with Crippen molar-refractivity contribution in [1.82, 2.24) is 0 Å². The molecule has 0 amide bonds. The molecule has 0 N–H and O–H groups in total. The van der Waals surface area contributed by atoms with Crippen molar-refractivity contribution in [1.29, 1.82) is 0 Å². The normalized spacial score (nSPS) is 24.1. The molecule has 2 nitrogen and oxygen atoms in total. The van der Waals surface area contributed by atoms with Crippen LogP contribution in [0.3, 0.4) is 0 Å².